The number of carbonyl (C=O) groups excluding carboxylic acids is 1. The molecule has 0 saturated carbocycles. The van der Waals surface area contributed by atoms with Gasteiger partial charge in [-0.15, -0.1) is 0 Å². The van der Waals surface area contributed by atoms with Gasteiger partial charge in [-0.25, -0.2) is 0 Å². The van der Waals surface area contributed by atoms with Crippen LogP contribution in [-0.2, 0) is 4.79 Å². The predicted molar refractivity (Wildman–Crippen MR) is 99.5 cm³/mol. The lowest BCUT2D eigenvalue weighted by Crippen LogP contribution is -2.05. The molecule has 0 unspecified atom stereocenters. The van der Waals surface area contributed by atoms with Gasteiger partial charge in [0.25, 0.3) is 0 Å². The molecule has 4 heteroatoms. The Labute approximate surface area is 150 Å². The molecule has 1 nitrogen and oxygen atoms in total. The summed E-state index contributed by atoms with van der Waals surface area (Å²) in [5.41, 5.74) is 0. The van der Waals surface area contributed by atoms with E-state index in [2.05, 4.69) is 36.5 Å². The van der Waals surface area contributed by atoms with Crippen molar-refractivity contribution < 1.29 is 18.0 Å². The zero-order valence-corrected chi connectivity index (χ0v) is 15.2. The van der Waals surface area contributed by atoms with Crippen LogP contribution in [0.4, 0.5) is 13.2 Å². The first-order chi connectivity index (χ1) is 11.9. The number of rotatable bonds is 14. The monoisotopic (exact) mass is 356 g/mol. The van der Waals surface area contributed by atoms with Gasteiger partial charge in [-0.2, -0.15) is 13.2 Å². The summed E-state index contributed by atoms with van der Waals surface area (Å²) in [7, 11) is 0. The van der Waals surface area contributed by atoms with Crippen molar-refractivity contribution in [1.29, 1.82) is 0 Å². The molecule has 0 aromatic carbocycles. The summed E-state index contributed by atoms with van der Waals surface area (Å²) < 4.78 is 35.8. The van der Waals surface area contributed by atoms with E-state index in [0.717, 1.165) is 32.1 Å². The summed E-state index contributed by atoms with van der Waals surface area (Å²) in [5.74, 6) is 0.247. The van der Waals surface area contributed by atoms with Crippen molar-refractivity contribution in [3.63, 3.8) is 0 Å². The van der Waals surface area contributed by atoms with Crippen molar-refractivity contribution in [2.75, 3.05) is 0 Å². The zero-order valence-electron chi connectivity index (χ0n) is 15.2. The highest BCUT2D eigenvalue weighted by Gasteiger charge is 2.25. The Bertz CT molecular complexity index is 443. The van der Waals surface area contributed by atoms with Gasteiger partial charge in [0.1, 0.15) is 5.78 Å². The second kappa shape index (κ2) is 15.9. The average Bonchev–Trinajstić information content (AvgIpc) is 2.52. The molecule has 0 aliphatic rings. The first-order valence-electron chi connectivity index (χ1n) is 9.08. The molecule has 142 valence electrons. The van der Waals surface area contributed by atoms with Crippen molar-refractivity contribution in [3.8, 4) is 0 Å². The SMILES string of the molecule is CC(=O)CCCC=CCC=CCC=CCC=CCCCCC(F)(F)F. The Balaban J connectivity index is 3.46. The highest BCUT2D eigenvalue weighted by atomic mass is 19.4. The maximum atomic E-state index is 11.9. The molecule has 25 heavy (non-hydrogen) atoms. The van der Waals surface area contributed by atoms with Gasteiger partial charge in [-0.3, -0.25) is 0 Å². The zero-order chi connectivity index (χ0) is 18.8. The van der Waals surface area contributed by atoms with Crippen LogP contribution in [-0.4, -0.2) is 12.0 Å². The standard InChI is InChI=1S/C21H31F3O/c1-20(25)18-16-14-12-10-8-6-4-2-3-5-7-9-11-13-15-17-19-21(22,23)24/h3-6,9-12H,2,7-8,13-19H2,1H3. The molecule has 0 aliphatic heterocycles. The summed E-state index contributed by atoms with van der Waals surface area (Å²) in [5, 5.41) is 0. The Kier molecular flexibility index (Phi) is 14.9. The molecule has 0 rings (SSSR count). The van der Waals surface area contributed by atoms with Crippen molar-refractivity contribution in [1.82, 2.24) is 0 Å². The van der Waals surface area contributed by atoms with Crippen LogP contribution in [0.3, 0.4) is 0 Å². The van der Waals surface area contributed by atoms with E-state index in [9.17, 15) is 18.0 Å². The van der Waals surface area contributed by atoms with Crippen molar-refractivity contribution >= 4 is 5.78 Å². The Morgan fingerprint density at radius 2 is 1.16 bits per heavy atom. The molecule has 0 saturated heterocycles. The van der Waals surface area contributed by atoms with Gasteiger partial charge in [0, 0.05) is 12.8 Å². The summed E-state index contributed by atoms with van der Waals surface area (Å²) in [6, 6.07) is 0. The lowest BCUT2D eigenvalue weighted by Gasteiger charge is -2.03. The van der Waals surface area contributed by atoms with Crippen LogP contribution in [0.2, 0.25) is 0 Å². The van der Waals surface area contributed by atoms with Crippen molar-refractivity contribution in [2.45, 2.75) is 77.3 Å². The quantitative estimate of drug-likeness (QED) is 0.236. The Morgan fingerprint density at radius 3 is 1.60 bits per heavy atom. The molecular weight excluding hydrogens is 325 g/mol. The minimum Gasteiger partial charge on any atom is -0.300 e. The van der Waals surface area contributed by atoms with E-state index in [1.54, 1.807) is 6.92 Å². The summed E-state index contributed by atoms with van der Waals surface area (Å²) >= 11 is 0. The van der Waals surface area contributed by atoms with E-state index < -0.39 is 12.6 Å². The molecule has 0 N–H and O–H groups in total. The maximum absolute atomic E-state index is 11.9. The molecule has 0 amide bonds. The number of hydrogen-bond donors (Lipinski definition) is 0. The first kappa shape index (κ1) is 23.4. The van der Waals surface area contributed by atoms with Crippen molar-refractivity contribution in [3.05, 3.63) is 48.6 Å². The Hall–Kier alpha value is -1.58. The van der Waals surface area contributed by atoms with E-state index in [1.807, 2.05) is 12.2 Å². The maximum Gasteiger partial charge on any atom is 0.389 e. The van der Waals surface area contributed by atoms with E-state index >= 15 is 0 Å². The molecule has 0 fully saturated rings. The topological polar surface area (TPSA) is 17.1 Å². The van der Waals surface area contributed by atoms with Crippen molar-refractivity contribution in [2.24, 2.45) is 0 Å². The van der Waals surface area contributed by atoms with E-state index in [4.69, 9.17) is 0 Å². The van der Waals surface area contributed by atoms with Gasteiger partial charge in [-0.05, 0) is 58.3 Å². The average molecular weight is 356 g/mol. The van der Waals surface area contributed by atoms with Gasteiger partial charge >= 0.3 is 6.18 Å². The summed E-state index contributed by atoms with van der Waals surface area (Å²) in [6.07, 6.45) is 18.5. The van der Waals surface area contributed by atoms with E-state index in [0.29, 0.717) is 19.3 Å². The third kappa shape index (κ3) is 22.4. The second-order valence-electron chi connectivity index (χ2n) is 6.05. The fourth-order valence-electron chi connectivity index (χ4n) is 2.11. The lowest BCUT2D eigenvalue weighted by molar-refractivity contribution is -0.135. The number of alkyl halides is 3. The van der Waals surface area contributed by atoms with Crippen LogP contribution in [0, 0.1) is 0 Å². The molecule has 0 aromatic heterocycles. The molecular formula is C21H31F3O. The van der Waals surface area contributed by atoms with Crippen LogP contribution in [0.25, 0.3) is 0 Å². The third-order valence-electron chi connectivity index (χ3n) is 3.46. The first-order valence-corrected chi connectivity index (χ1v) is 9.08. The molecule has 0 radical (unpaired) electrons. The highest BCUT2D eigenvalue weighted by molar-refractivity contribution is 5.75. The predicted octanol–water partition coefficient (Wildman–Crippen LogP) is 7.26. The van der Waals surface area contributed by atoms with Gasteiger partial charge in [0.2, 0.25) is 0 Å². The summed E-state index contributed by atoms with van der Waals surface area (Å²) in [4.78, 5) is 10.8. The van der Waals surface area contributed by atoms with Crippen LogP contribution in [0.15, 0.2) is 48.6 Å². The van der Waals surface area contributed by atoms with E-state index in [1.165, 1.54) is 0 Å². The van der Waals surface area contributed by atoms with Crippen LogP contribution in [0.5, 0.6) is 0 Å². The minimum atomic E-state index is -4.02. The third-order valence-corrected chi connectivity index (χ3v) is 3.46. The number of carbonyl (C=O) groups is 1. The Morgan fingerprint density at radius 1 is 0.720 bits per heavy atom. The number of hydrogen-bond acceptors (Lipinski definition) is 1. The molecule has 0 bridgehead atoms. The number of halogens is 3. The van der Waals surface area contributed by atoms with Gasteiger partial charge < -0.3 is 4.79 Å². The highest BCUT2D eigenvalue weighted by Crippen LogP contribution is 2.22. The molecule has 0 atom stereocenters. The number of Topliss-reactive ketones (excluding diaryl/α,β-unsaturated/α-hetero) is 1. The second-order valence-corrected chi connectivity index (χ2v) is 6.05. The molecule has 0 aromatic rings. The number of ketones is 1. The number of unbranched alkanes of at least 4 members (excludes halogenated alkanes) is 3. The van der Waals surface area contributed by atoms with Crippen LogP contribution < -0.4 is 0 Å². The fraction of sp³-hybridized carbons (Fsp3) is 0.571. The molecule has 0 heterocycles. The van der Waals surface area contributed by atoms with Crippen LogP contribution >= 0.6 is 0 Å². The van der Waals surface area contributed by atoms with Crippen LogP contribution in [0.1, 0.15) is 71.1 Å². The largest absolute Gasteiger partial charge is 0.389 e. The molecule has 0 spiro atoms. The normalized spacial score (nSPS) is 13.1. The fourth-order valence-corrected chi connectivity index (χ4v) is 2.11. The smallest absolute Gasteiger partial charge is 0.300 e. The number of allylic oxidation sites excluding steroid dienone is 8. The van der Waals surface area contributed by atoms with Gasteiger partial charge in [-0.1, -0.05) is 48.6 Å². The van der Waals surface area contributed by atoms with E-state index in [-0.39, 0.29) is 12.2 Å². The molecule has 0 aliphatic carbocycles. The van der Waals surface area contributed by atoms with Gasteiger partial charge in [0.05, 0.1) is 0 Å². The lowest BCUT2D eigenvalue weighted by atomic mass is 10.1. The van der Waals surface area contributed by atoms with Gasteiger partial charge in [0.15, 0.2) is 0 Å². The summed E-state index contributed by atoms with van der Waals surface area (Å²) in [6.45, 7) is 1.62. The minimum absolute atomic E-state index is 0.208.